The molecule has 0 aliphatic carbocycles. The third kappa shape index (κ3) is 4.45. The fourth-order valence-corrected chi connectivity index (χ4v) is 3.35. The Morgan fingerprint density at radius 1 is 1.19 bits per heavy atom. The molecule has 0 aromatic heterocycles. The lowest BCUT2D eigenvalue weighted by Crippen LogP contribution is -2.45. The standard InChI is InChI=1S/C19H22N6O6/c1-22(7-6-21-19(28)23(2)31-20)8-9-24-17(26)14-5-3-4-12-10-13(25(29)30)11-15(16(12)14)18(24)27/h3-5,10-11H,6-9,20H2,1-2H3,(H,21,28). The van der Waals surface area contributed by atoms with Gasteiger partial charge in [0.05, 0.1) is 10.5 Å². The van der Waals surface area contributed by atoms with Crippen molar-refractivity contribution < 1.29 is 24.2 Å². The smallest absolute Gasteiger partial charge is 0.335 e. The van der Waals surface area contributed by atoms with Crippen molar-refractivity contribution in [3.05, 3.63) is 51.6 Å². The summed E-state index contributed by atoms with van der Waals surface area (Å²) in [5, 5.41) is 15.6. The zero-order valence-electron chi connectivity index (χ0n) is 17.0. The summed E-state index contributed by atoms with van der Waals surface area (Å²) in [5.41, 5.74) is 0.266. The van der Waals surface area contributed by atoms with E-state index in [1.54, 1.807) is 25.2 Å². The summed E-state index contributed by atoms with van der Waals surface area (Å²) < 4.78 is 0. The summed E-state index contributed by atoms with van der Waals surface area (Å²) in [4.78, 5) is 55.4. The van der Waals surface area contributed by atoms with Crippen molar-refractivity contribution in [1.82, 2.24) is 20.2 Å². The molecule has 2 aromatic rings. The molecule has 164 valence electrons. The second-order valence-electron chi connectivity index (χ2n) is 7.05. The summed E-state index contributed by atoms with van der Waals surface area (Å²) in [7, 11) is 3.13. The Balaban J connectivity index is 1.71. The quantitative estimate of drug-likeness (QED) is 0.353. The molecule has 4 amide bonds. The van der Waals surface area contributed by atoms with Crippen LogP contribution in [0, 0.1) is 10.1 Å². The number of urea groups is 1. The Hall–Kier alpha value is -3.61. The molecule has 1 aliphatic rings. The molecule has 2 aromatic carbocycles. The van der Waals surface area contributed by atoms with Gasteiger partial charge in [-0.3, -0.25) is 24.6 Å². The number of likely N-dealkylation sites (N-methyl/N-ethyl adjacent to an activating group) is 1. The number of imide groups is 1. The lowest BCUT2D eigenvalue weighted by molar-refractivity contribution is -0.384. The summed E-state index contributed by atoms with van der Waals surface area (Å²) in [6.07, 6.45) is 0. The van der Waals surface area contributed by atoms with Crippen LogP contribution in [0.25, 0.3) is 10.8 Å². The fraction of sp³-hybridized carbons (Fsp3) is 0.316. The molecule has 0 spiro atoms. The lowest BCUT2D eigenvalue weighted by Gasteiger charge is -2.28. The molecule has 3 rings (SSSR count). The maximum atomic E-state index is 13.0. The Kier molecular flexibility index (Phi) is 6.44. The molecule has 0 unspecified atom stereocenters. The van der Waals surface area contributed by atoms with Gasteiger partial charge < -0.3 is 10.2 Å². The van der Waals surface area contributed by atoms with Gasteiger partial charge in [0.25, 0.3) is 17.5 Å². The normalized spacial score (nSPS) is 13.1. The molecule has 0 saturated carbocycles. The van der Waals surface area contributed by atoms with E-state index in [1.165, 1.54) is 19.2 Å². The van der Waals surface area contributed by atoms with Crippen molar-refractivity contribution in [3.8, 4) is 0 Å². The number of nitrogens with zero attached hydrogens (tertiary/aromatic N) is 4. The van der Waals surface area contributed by atoms with E-state index in [-0.39, 0.29) is 17.8 Å². The summed E-state index contributed by atoms with van der Waals surface area (Å²) >= 11 is 0. The SMILES string of the molecule is CN(CCNC(=O)N(C)ON)CCN1C(=O)c2cccc3cc([N+](=O)[O-])cc(c23)C1=O. The number of carbonyl (C=O) groups excluding carboxylic acids is 3. The number of non-ortho nitro benzene ring substituents is 1. The number of hydrogen-bond donors (Lipinski definition) is 2. The van der Waals surface area contributed by atoms with Crippen molar-refractivity contribution in [2.75, 3.05) is 40.3 Å². The van der Waals surface area contributed by atoms with Gasteiger partial charge >= 0.3 is 6.03 Å². The van der Waals surface area contributed by atoms with E-state index >= 15 is 0 Å². The Morgan fingerprint density at radius 3 is 2.58 bits per heavy atom. The van der Waals surface area contributed by atoms with E-state index < -0.39 is 22.8 Å². The minimum absolute atomic E-state index is 0.0897. The fourth-order valence-electron chi connectivity index (χ4n) is 3.35. The van der Waals surface area contributed by atoms with Crippen molar-refractivity contribution >= 4 is 34.3 Å². The molecule has 31 heavy (non-hydrogen) atoms. The highest BCUT2D eigenvalue weighted by Crippen LogP contribution is 2.33. The molecule has 0 fully saturated rings. The molecule has 3 N–H and O–H groups in total. The third-order valence-corrected chi connectivity index (χ3v) is 5.04. The molecular weight excluding hydrogens is 408 g/mol. The van der Waals surface area contributed by atoms with Gasteiger partial charge in [-0.2, -0.15) is 15.9 Å². The highest BCUT2D eigenvalue weighted by Gasteiger charge is 2.34. The predicted molar refractivity (Wildman–Crippen MR) is 110 cm³/mol. The van der Waals surface area contributed by atoms with Crippen molar-refractivity contribution in [3.63, 3.8) is 0 Å². The number of nitro groups is 1. The van der Waals surface area contributed by atoms with Gasteiger partial charge in [0, 0.05) is 56.3 Å². The minimum Gasteiger partial charge on any atom is -0.335 e. The Bertz CT molecular complexity index is 1060. The van der Waals surface area contributed by atoms with Crippen LogP contribution >= 0.6 is 0 Å². The van der Waals surface area contributed by atoms with Crippen LogP contribution in [0.3, 0.4) is 0 Å². The maximum absolute atomic E-state index is 13.0. The topological polar surface area (TPSA) is 151 Å². The van der Waals surface area contributed by atoms with E-state index in [4.69, 9.17) is 5.90 Å². The summed E-state index contributed by atoms with van der Waals surface area (Å²) in [5.74, 6) is 3.88. The lowest BCUT2D eigenvalue weighted by atomic mass is 9.93. The van der Waals surface area contributed by atoms with Gasteiger partial charge in [0.2, 0.25) is 0 Å². The van der Waals surface area contributed by atoms with Crippen LogP contribution in [-0.4, -0.2) is 77.9 Å². The second-order valence-corrected chi connectivity index (χ2v) is 7.05. The van der Waals surface area contributed by atoms with Crippen LogP contribution in [-0.2, 0) is 4.94 Å². The van der Waals surface area contributed by atoms with Crippen LogP contribution < -0.4 is 11.2 Å². The average molecular weight is 430 g/mol. The first-order valence-corrected chi connectivity index (χ1v) is 9.39. The first-order valence-electron chi connectivity index (χ1n) is 9.39. The molecular formula is C19H22N6O6. The van der Waals surface area contributed by atoms with Crippen LogP contribution in [0.1, 0.15) is 20.7 Å². The summed E-state index contributed by atoms with van der Waals surface area (Å²) in [6, 6.07) is 6.93. The van der Waals surface area contributed by atoms with Gasteiger partial charge in [-0.05, 0) is 18.5 Å². The first kappa shape index (κ1) is 22.1. The van der Waals surface area contributed by atoms with E-state index in [0.717, 1.165) is 9.96 Å². The molecule has 1 aliphatic heterocycles. The predicted octanol–water partition coefficient (Wildman–Crippen LogP) is 0.723. The molecule has 0 saturated heterocycles. The molecule has 0 radical (unpaired) electrons. The highest BCUT2D eigenvalue weighted by atomic mass is 16.8. The largest absolute Gasteiger partial charge is 0.342 e. The van der Waals surface area contributed by atoms with Crippen molar-refractivity contribution in [2.24, 2.45) is 5.90 Å². The van der Waals surface area contributed by atoms with Crippen LogP contribution in [0.2, 0.25) is 0 Å². The molecule has 0 atom stereocenters. The number of carbonyl (C=O) groups is 3. The first-order chi connectivity index (χ1) is 14.7. The maximum Gasteiger partial charge on any atom is 0.342 e. The Labute approximate surface area is 177 Å². The van der Waals surface area contributed by atoms with E-state index in [9.17, 15) is 24.5 Å². The number of rotatable bonds is 8. The zero-order valence-corrected chi connectivity index (χ0v) is 17.0. The number of benzene rings is 2. The number of hydrogen-bond acceptors (Lipinski definition) is 8. The number of nitro benzene ring substituents is 1. The highest BCUT2D eigenvalue weighted by molar-refractivity contribution is 6.25. The second kappa shape index (κ2) is 9.04. The number of hydroxylamine groups is 2. The van der Waals surface area contributed by atoms with E-state index in [0.29, 0.717) is 36.0 Å². The van der Waals surface area contributed by atoms with Gasteiger partial charge in [0.15, 0.2) is 0 Å². The van der Waals surface area contributed by atoms with Crippen LogP contribution in [0.5, 0.6) is 0 Å². The van der Waals surface area contributed by atoms with E-state index in [2.05, 4.69) is 10.3 Å². The number of amides is 4. The van der Waals surface area contributed by atoms with Gasteiger partial charge in [-0.1, -0.05) is 12.1 Å². The number of nitrogens with one attached hydrogen (secondary N) is 1. The number of nitrogens with two attached hydrogens (primary N) is 1. The van der Waals surface area contributed by atoms with Gasteiger partial charge in [-0.25, -0.2) is 4.79 Å². The van der Waals surface area contributed by atoms with E-state index in [1.807, 2.05) is 4.90 Å². The minimum atomic E-state index is -0.569. The van der Waals surface area contributed by atoms with Crippen molar-refractivity contribution in [1.29, 1.82) is 0 Å². The van der Waals surface area contributed by atoms with Crippen molar-refractivity contribution in [2.45, 2.75) is 0 Å². The summed E-state index contributed by atoms with van der Waals surface area (Å²) in [6.45, 7) is 1.17. The monoisotopic (exact) mass is 430 g/mol. The molecule has 1 heterocycles. The third-order valence-electron chi connectivity index (χ3n) is 5.04. The zero-order chi connectivity index (χ0) is 22.7. The molecule has 0 bridgehead atoms. The van der Waals surface area contributed by atoms with Gasteiger partial charge in [0.1, 0.15) is 0 Å². The van der Waals surface area contributed by atoms with Crippen LogP contribution in [0.4, 0.5) is 10.5 Å². The average Bonchev–Trinajstić information content (AvgIpc) is 2.76. The van der Waals surface area contributed by atoms with Crippen LogP contribution in [0.15, 0.2) is 30.3 Å². The molecule has 12 nitrogen and oxygen atoms in total. The molecule has 12 heteroatoms. The Morgan fingerprint density at radius 2 is 1.90 bits per heavy atom. The van der Waals surface area contributed by atoms with Gasteiger partial charge in [-0.15, -0.1) is 0 Å².